The van der Waals surface area contributed by atoms with Gasteiger partial charge in [-0.05, 0) is 17.7 Å². The number of halogens is 1. The summed E-state index contributed by atoms with van der Waals surface area (Å²) in [6, 6.07) is 11.2. The number of nitro benzene ring substituents is 1. The standard InChI is InChI=1S/C20H14ClN5O4S/c21-16-4-2-1-3-13(16)10-24-7-8-31-20(24)23-18(27)11-25-12-22-17-6-5-14(26(29)30)9-15(17)19(25)28/h1-9,12H,10-11H2. The van der Waals surface area contributed by atoms with Gasteiger partial charge in [0.1, 0.15) is 6.54 Å². The van der Waals surface area contributed by atoms with Gasteiger partial charge in [0.25, 0.3) is 17.2 Å². The number of rotatable bonds is 5. The zero-order valence-corrected chi connectivity index (χ0v) is 17.4. The molecule has 9 nitrogen and oxygen atoms in total. The van der Waals surface area contributed by atoms with Crippen molar-refractivity contribution >= 4 is 45.4 Å². The van der Waals surface area contributed by atoms with Crippen molar-refractivity contribution in [3.63, 3.8) is 0 Å². The highest BCUT2D eigenvalue weighted by atomic mass is 35.5. The summed E-state index contributed by atoms with van der Waals surface area (Å²) in [6.07, 6.45) is 3.03. The van der Waals surface area contributed by atoms with Gasteiger partial charge in [-0.3, -0.25) is 24.3 Å². The topological polar surface area (TPSA) is 112 Å². The first kappa shape index (κ1) is 20.6. The highest BCUT2D eigenvalue weighted by Gasteiger charge is 2.12. The molecule has 0 aliphatic carbocycles. The van der Waals surface area contributed by atoms with Gasteiger partial charge in [0, 0.05) is 28.7 Å². The molecule has 31 heavy (non-hydrogen) atoms. The normalized spacial score (nSPS) is 11.7. The smallest absolute Gasteiger partial charge is 0.270 e. The maximum atomic E-state index is 12.7. The third-order valence-electron chi connectivity index (χ3n) is 4.50. The zero-order chi connectivity index (χ0) is 22.0. The van der Waals surface area contributed by atoms with E-state index in [9.17, 15) is 19.7 Å². The molecule has 0 N–H and O–H groups in total. The number of benzene rings is 2. The highest BCUT2D eigenvalue weighted by molar-refractivity contribution is 7.07. The van der Waals surface area contributed by atoms with Gasteiger partial charge in [-0.15, -0.1) is 11.3 Å². The molecule has 11 heteroatoms. The molecule has 1 amide bonds. The number of nitrogens with zero attached hydrogens (tertiary/aromatic N) is 5. The number of amides is 1. The van der Waals surface area contributed by atoms with Crippen LogP contribution in [0, 0.1) is 10.1 Å². The number of non-ortho nitro benzene ring substituents is 1. The Hall–Kier alpha value is -3.63. The molecular weight excluding hydrogens is 442 g/mol. The zero-order valence-electron chi connectivity index (χ0n) is 15.8. The molecular formula is C20H14ClN5O4S. The molecule has 0 aliphatic heterocycles. The quantitative estimate of drug-likeness (QED) is 0.339. The molecule has 0 fully saturated rings. The minimum absolute atomic E-state index is 0.0643. The summed E-state index contributed by atoms with van der Waals surface area (Å²) < 4.78 is 2.87. The van der Waals surface area contributed by atoms with E-state index in [1.54, 1.807) is 22.2 Å². The fourth-order valence-corrected chi connectivity index (χ4v) is 3.92. The lowest BCUT2D eigenvalue weighted by Crippen LogP contribution is -2.25. The van der Waals surface area contributed by atoms with E-state index in [2.05, 4.69) is 9.98 Å². The van der Waals surface area contributed by atoms with Gasteiger partial charge in [0.15, 0.2) is 4.80 Å². The van der Waals surface area contributed by atoms with Crippen molar-refractivity contribution in [3.8, 4) is 0 Å². The Morgan fingerprint density at radius 1 is 1.23 bits per heavy atom. The molecule has 0 saturated carbocycles. The SMILES string of the molecule is O=C(Cn1cnc2ccc([N+](=O)[O-])cc2c1=O)N=c1sccn1Cc1ccccc1Cl. The molecule has 0 radical (unpaired) electrons. The second-order valence-electron chi connectivity index (χ2n) is 6.55. The Kier molecular flexibility index (Phi) is 5.74. The Labute approximate surface area is 183 Å². The molecule has 0 saturated heterocycles. The molecule has 2 aromatic heterocycles. The number of carbonyl (C=O) groups is 1. The Morgan fingerprint density at radius 2 is 2.03 bits per heavy atom. The van der Waals surface area contributed by atoms with Crippen molar-refractivity contribution in [2.75, 3.05) is 0 Å². The number of aromatic nitrogens is 3. The maximum absolute atomic E-state index is 12.7. The van der Waals surface area contributed by atoms with Gasteiger partial charge in [-0.1, -0.05) is 29.8 Å². The summed E-state index contributed by atoms with van der Waals surface area (Å²) in [5, 5.41) is 13.5. The summed E-state index contributed by atoms with van der Waals surface area (Å²) >= 11 is 7.49. The van der Waals surface area contributed by atoms with Crippen molar-refractivity contribution in [1.29, 1.82) is 0 Å². The van der Waals surface area contributed by atoms with Crippen molar-refractivity contribution < 1.29 is 9.72 Å². The van der Waals surface area contributed by atoms with Crippen LogP contribution in [-0.4, -0.2) is 24.9 Å². The molecule has 4 aromatic rings. The van der Waals surface area contributed by atoms with E-state index in [0.717, 1.165) is 16.2 Å². The highest BCUT2D eigenvalue weighted by Crippen LogP contribution is 2.17. The predicted octanol–water partition coefficient (Wildman–Crippen LogP) is 3.00. The lowest BCUT2D eigenvalue weighted by molar-refractivity contribution is -0.384. The Bertz CT molecular complexity index is 1440. The minimum Gasteiger partial charge on any atom is -0.319 e. The Balaban J connectivity index is 1.62. The van der Waals surface area contributed by atoms with Crippen LogP contribution >= 0.6 is 22.9 Å². The van der Waals surface area contributed by atoms with E-state index in [-0.39, 0.29) is 17.6 Å². The average Bonchev–Trinajstić information content (AvgIpc) is 3.18. The second kappa shape index (κ2) is 8.62. The fraction of sp³-hybridized carbons (Fsp3) is 0.100. The van der Waals surface area contributed by atoms with Crippen molar-refractivity contribution in [3.05, 3.63) is 96.2 Å². The number of thiazole rings is 1. The van der Waals surface area contributed by atoms with Crippen LogP contribution in [0.4, 0.5) is 5.69 Å². The molecule has 156 valence electrons. The lowest BCUT2D eigenvalue weighted by atomic mass is 10.2. The van der Waals surface area contributed by atoms with E-state index in [4.69, 9.17) is 11.6 Å². The average molecular weight is 456 g/mol. The van der Waals surface area contributed by atoms with Crippen LogP contribution in [0.25, 0.3) is 10.9 Å². The number of hydrogen-bond donors (Lipinski definition) is 0. The number of carbonyl (C=O) groups excluding carboxylic acids is 1. The van der Waals surface area contributed by atoms with Crippen LogP contribution < -0.4 is 10.4 Å². The van der Waals surface area contributed by atoms with Crippen LogP contribution in [0.15, 0.2) is 70.2 Å². The van der Waals surface area contributed by atoms with E-state index in [1.165, 1.54) is 29.8 Å². The molecule has 0 atom stereocenters. The molecule has 0 unspecified atom stereocenters. The second-order valence-corrected chi connectivity index (χ2v) is 7.83. The molecule has 4 rings (SSSR count). The van der Waals surface area contributed by atoms with Gasteiger partial charge >= 0.3 is 0 Å². The van der Waals surface area contributed by atoms with Gasteiger partial charge in [-0.2, -0.15) is 4.99 Å². The van der Waals surface area contributed by atoms with Crippen LogP contribution in [0.2, 0.25) is 5.02 Å². The fourth-order valence-electron chi connectivity index (χ4n) is 2.98. The van der Waals surface area contributed by atoms with E-state index >= 15 is 0 Å². The summed E-state index contributed by atoms with van der Waals surface area (Å²) in [5.74, 6) is -0.552. The monoisotopic (exact) mass is 455 g/mol. The number of nitro groups is 1. The summed E-state index contributed by atoms with van der Waals surface area (Å²) in [4.78, 5) is 44.3. The minimum atomic E-state index is -0.592. The first-order chi connectivity index (χ1) is 14.9. The molecule has 0 aliphatic rings. The molecule has 2 aromatic carbocycles. The first-order valence-electron chi connectivity index (χ1n) is 9.01. The Morgan fingerprint density at radius 3 is 2.81 bits per heavy atom. The third-order valence-corrected chi connectivity index (χ3v) is 5.67. The molecule has 0 spiro atoms. The molecule has 0 bridgehead atoms. The summed E-state index contributed by atoms with van der Waals surface area (Å²) in [5.41, 5.74) is 0.423. The summed E-state index contributed by atoms with van der Waals surface area (Å²) in [6.45, 7) is 0.102. The van der Waals surface area contributed by atoms with Gasteiger partial charge in [-0.25, -0.2) is 4.98 Å². The largest absolute Gasteiger partial charge is 0.319 e. The van der Waals surface area contributed by atoms with Crippen molar-refractivity contribution in [1.82, 2.24) is 14.1 Å². The van der Waals surface area contributed by atoms with E-state index < -0.39 is 16.4 Å². The number of fused-ring (bicyclic) bond motifs is 1. The van der Waals surface area contributed by atoms with Crippen LogP contribution in [0.1, 0.15) is 5.56 Å². The third kappa shape index (κ3) is 4.44. The summed E-state index contributed by atoms with van der Waals surface area (Å²) in [7, 11) is 0. The van der Waals surface area contributed by atoms with Crippen molar-refractivity contribution in [2.45, 2.75) is 13.1 Å². The maximum Gasteiger partial charge on any atom is 0.270 e. The molecule has 2 heterocycles. The van der Waals surface area contributed by atoms with E-state index in [0.29, 0.717) is 21.9 Å². The van der Waals surface area contributed by atoms with Crippen LogP contribution in [-0.2, 0) is 17.9 Å². The van der Waals surface area contributed by atoms with E-state index in [1.807, 2.05) is 18.2 Å². The van der Waals surface area contributed by atoms with Gasteiger partial charge < -0.3 is 4.57 Å². The van der Waals surface area contributed by atoms with Crippen LogP contribution in [0.3, 0.4) is 0 Å². The van der Waals surface area contributed by atoms with Crippen molar-refractivity contribution in [2.24, 2.45) is 4.99 Å². The van der Waals surface area contributed by atoms with Gasteiger partial charge in [0.2, 0.25) is 0 Å². The van der Waals surface area contributed by atoms with Crippen LogP contribution in [0.5, 0.6) is 0 Å². The lowest BCUT2D eigenvalue weighted by Gasteiger charge is -2.06. The first-order valence-corrected chi connectivity index (χ1v) is 10.3. The predicted molar refractivity (Wildman–Crippen MR) is 116 cm³/mol. The van der Waals surface area contributed by atoms with Gasteiger partial charge in [0.05, 0.1) is 28.7 Å². The number of hydrogen-bond acceptors (Lipinski definition) is 6.